The van der Waals surface area contributed by atoms with Crippen molar-refractivity contribution in [1.29, 1.82) is 0 Å². The lowest BCUT2D eigenvalue weighted by atomic mass is 10.1. The summed E-state index contributed by atoms with van der Waals surface area (Å²) in [6.07, 6.45) is 93.1. The molecule has 0 fully saturated rings. The van der Waals surface area contributed by atoms with E-state index in [0.717, 1.165) is 148 Å². The van der Waals surface area contributed by atoms with Crippen LogP contribution in [0.3, 0.4) is 0 Å². The first kappa shape index (κ1) is 73.3. The molecule has 440 valence electrons. The van der Waals surface area contributed by atoms with Crippen molar-refractivity contribution in [3.8, 4) is 0 Å². The van der Waals surface area contributed by atoms with Gasteiger partial charge in [0.15, 0.2) is 6.10 Å². The number of hydrogen-bond donors (Lipinski definition) is 0. The first-order valence-corrected chi connectivity index (χ1v) is 31.8. The SMILES string of the molecule is CC/C=C\C/C=C\C/C=C\C/C=C\C/C=C\C/C=C\C/C=C\CCCCCCCCCCCC(=O)OCC(COC(=O)CCCCCCCC)OC(=O)CCCCCCCCC/C=C\C/C=C\C/C=C\C/C=C\C/C=C\CC. The molecule has 6 heteroatoms. The van der Waals surface area contributed by atoms with E-state index in [9.17, 15) is 14.4 Å². The van der Waals surface area contributed by atoms with Crippen molar-refractivity contribution in [2.24, 2.45) is 0 Å². The van der Waals surface area contributed by atoms with Crippen LogP contribution in [0.25, 0.3) is 0 Å². The van der Waals surface area contributed by atoms with Crippen LogP contribution in [0, 0.1) is 0 Å². The van der Waals surface area contributed by atoms with Crippen LogP contribution in [0.1, 0.15) is 271 Å². The van der Waals surface area contributed by atoms with E-state index in [2.05, 4.69) is 167 Å². The number of unbranched alkanes of at least 4 members (excludes halogenated alkanes) is 21. The molecule has 0 heterocycles. The van der Waals surface area contributed by atoms with Crippen molar-refractivity contribution in [3.05, 3.63) is 146 Å². The monoisotopic (exact) mass is 1080 g/mol. The van der Waals surface area contributed by atoms with Gasteiger partial charge in [0.1, 0.15) is 13.2 Å². The van der Waals surface area contributed by atoms with Gasteiger partial charge in [-0.15, -0.1) is 0 Å². The number of carbonyl (C=O) groups is 3. The largest absolute Gasteiger partial charge is 0.462 e. The van der Waals surface area contributed by atoms with Gasteiger partial charge in [-0.3, -0.25) is 14.4 Å². The van der Waals surface area contributed by atoms with Crippen molar-refractivity contribution in [2.75, 3.05) is 13.2 Å². The Labute approximate surface area is 480 Å². The van der Waals surface area contributed by atoms with E-state index in [1.807, 2.05) is 0 Å². The maximum absolute atomic E-state index is 12.8. The fraction of sp³-hybridized carbons (Fsp3) is 0.625. The maximum Gasteiger partial charge on any atom is 0.306 e. The predicted molar refractivity (Wildman–Crippen MR) is 339 cm³/mol. The quantitative estimate of drug-likeness (QED) is 0.0261. The third kappa shape index (κ3) is 62.1. The van der Waals surface area contributed by atoms with E-state index in [4.69, 9.17) is 14.2 Å². The summed E-state index contributed by atoms with van der Waals surface area (Å²) in [6, 6.07) is 0. The van der Waals surface area contributed by atoms with Gasteiger partial charge in [-0.1, -0.05) is 276 Å². The number of rotatable bonds is 56. The molecular formula is C72H116O6. The molecule has 1 atom stereocenters. The van der Waals surface area contributed by atoms with Crippen LogP contribution >= 0.6 is 0 Å². The van der Waals surface area contributed by atoms with Crippen molar-refractivity contribution in [1.82, 2.24) is 0 Å². The lowest BCUT2D eigenvalue weighted by Gasteiger charge is -2.18. The predicted octanol–water partition coefficient (Wildman–Crippen LogP) is 21.9. The first-order valence-electron chi connectivity index (χ1n) is 31.8. The van der Waals surface area contributed by atoms with Crippen LogP contribution < -0.4 is 0 Å². The minimum Gasteiger partial charge on any atom is -0.462 e. The molecule has 0 aromatic rings. The summed E-state index contributed by atoms with van der Waals surface area (Å²) in [5, 5.41) is 0. The molecule has 78 heavy (non-hydrogen) atoms. The third-order valence-electron chi connectivity index (χ3n) is 13.1. The zero-order valence-corrected chi connectivity index (χ0v) is 50.4. The molecule has 0 aliphatic rings. The Kier molecular flexibility index (Phi) is 60.9. The molecule has 0 aromatic heterocycles. The minimum absolute atomic E-state index is 0.0882. The summed E-state index contributed by atoms with van der Waals surface area (Å²) >= 11 is 0. The Hall–Kier alpha value is -4.71. The van der Waals surface area contributed by atoms with E-state index in [0.29, 0.717) is 19.3 Å². The molecule has 0 aromatic carbocycles. The van der Waals surface area contributed by atoms with Gasteiger partial charge >= 0.3 is 17.9 Å². The summed E-state index contributed by atoms with van der Waals surface area (Å²) in [6.45, 7) is 6.34. The molecule has 0 spiro atoms. The highest BCUT2D eigenvalue weighted by molar-refractivity contribution is 5.71. The first-order chi connectivity index (χ1) is 38.5. The molecule has 6 nitrogen and oxygen atoms in total. The Morgan fingerprint density at radius 1 is 0.269 bits per heavy atom. The zero-order chi connectivity index (χ0) is 56.4. The van der Waals surface area contributed by atoms with Crippen LogP contribution in [-0.4, -0.2) is 37.2 Å². The Morgan fingerprint density at radius 3 is 0.782 bits per heavy atom. The Balaban J connectivity index is 4.16. The van der Waals surface area contributed by atoms with E-state index < -0.39 is 6.10 Å². The number of esters is 3. The summed E-state index contributed by atoms with van der Waals surface area (Å²) < 4.78 is 16.8. The molecule has 0 rings (SSSR count). The maximum atomic E-state index is 12.8. The van der Waals surface area contributed by atoms with Crippen molar-refractivity contribution in [3.63, 3.8) is 0 Å². The lowest BCUT2D eigenvalue weighted by molar-refractivity contribution is -0.167. The number of hydrogen-bond acceptors (Lipinski definition) is 6. The molecular weight excluding hydrogens is 961 g/mol. The highest BCUT2D eigenvalue weighted by Crippen LogP contribution is 2.15. The number of ether oxygens (including phenoxy) is 3. The molecule has 0 N–H and O–H groups in total. The smallest absolute Gasteiger partial charge is 0.306 e. The summed E-state index contributed by atoms with van der Waals surface area (Å²) in [5.74, 6) is -0.917. The zero-order valence-electron chi connectivity index (χ0n) is 50.4. The van der Waals surface area contributed by atoms with Crippen molar-refractivity contribution >= 4 is 17.9 Å². The van der Waals surface area contributed by atoms with Gasteiger partial charge < -0.3 is 14.2 Å². The number of carbonyl (C=O) groups excluding carboxylic acids is 3. The van der Waals surface area contributed by atoms with Crippen LogP contribution in [0.2, 0.25) is 0 Å². The van der Waals surface area contributed by atoms with Crippen LogP contribution in [-0.2, 0) is 28.6 Å². The van der Waals surface area contributed by atoms with Crippen molar-refractivity contribution in [2.45, 2.75) is 277 Å². The Bertz CT molecular complexity index is 1710. The van der Waals surface area contributed by atoms with E-state index in [1.54, 1.807) is 0 Å². The fourth-order valence-electron chi connectivity index (χ4n) is 8.39. The van der Waals surface area contributed by atoms with Gasteiger partial charge in [0.25, 0.3) is 0 Å². The molecule has 0 amide bonds. The van der Waals surface area contributed by atoms with Crippen LogP contribution in [0.4, 0.5) is 0 Å². The highest BCUT2D eigenvalue weighted by Gasteiger charge is 2.19. The normalized spacial score (nSPS) is 13.1. The van der Waals surface area contributed by atoms with Gasteiger partial charge in [-0.05, 0) is 122 Å². The average Bonchev–Trinajstić information content (AvgIpc) is 3.44. The minimum atomic E-state index is -0.790. The summed E-state index contributed by atoms with van der Waals surface area (Å²) in [7, 11) is 0. The average molecular weight is 1080 g/mol. The van der Waals surface area contributed by atoms with Gasteiger partial charge in [0, 0.05) is 19.3 Å². The molecule has 1 unspecified atom stereocenters. The second-order valence-corrected chi connectivity index (χ2v) is 20.6. The highest BCUT2D eigenvalue weighted by atomic mass is 16.6. The molecule has 0 bridgehead atoms. The standard InChI is InChI=1S/C72H116O6/c1-4-7-10-13-16-18-20-22-24-26-28-30-32-33-34-35-36-37-38-39-41-42-44-46-48-50-52-54-56-59-62-65-71(74)77-68-69(67-76-70(73)64-61-58-15-12-9-6-3)78-72(75)66-63-60-57-55-53-51-49-47-45-43-40-31-29-27-25-23-21-19-17-14-11-8-5-2/h7-8,10-11,16-19,22-25,28-31,33-34,36-37,39,41,43,45,69H,4-6,9,12-15,20-21,26-27,32,35,38,40,42,44,46-68H2,1-3H3/b10-7-,11-8-,18-16-,19-17-,24-22-,25-23-,30-28-,31-29-,34-33-,37-36-,41-39-,45-43-. The van der Waals surface area contributed by atoms with Gasteiger partial charge in [0.05, 0.1) is 0 Å². The van der Waals surface area contributed by atoms with E-state index in [1.165, 1.54) is 83.5 Å². The topological polar surface area (TPSA) is 78.9 Å². The van der Waals surface area contributed by atoms with Gasteiger partial charge in [0.2, 0.25) is 0 Å². The molecule has 0 aliphatic carbocycles. The van der Waals surface area contributed by atoms with E-state index in [-0.39, 0.29) is 31.1 Å². The Morgan fingerprint density at radius 2 is 0.500 bits per heavy atom. The second-order valence-electron chi connectivity index (χ2n) is 20.6. The molecule has 0 radical (unpaired) electrons. The molecule has 0 saturated carbocycles. The third-order valence-corrected chi connectivity index (χ3v) is 13.1. The molecule has 0 aliphatic heterocycles. The van der Waals surface area contributed by atoms with Crippen LogP contribution in [0.5, 0.6) is 0 Å². The van der Waals surface area contributed by atoms with Crippen molar-refractivity contribution < 1.29 is 28.6 Å². The fourth-order valence-corrected chi connectivity index (χ4v) is 8.39. The lowest BCUT2D eigenvalue weighted by Crippen LogP contribution is -2.30. The van der Waals surface area contributed by atoms with Gasteiger partial charge in [-0.25, -0.2) is 0 Å². The number of allylic oxidation sites excluding steroid dienone is 24. The van der Waals surface area contributed by atoms with Gasteiger partial charge in [-0.2, -0.15) is 0 Å². The van der Waals surface area contributed by atoms with Crippen LogP contribution in [0.15, 0.2) is 146 Å². The molecule has 0 saturated heterocycles. The van der Waals surface area contributed by atoms with E-state index >= 15 is 0 Å². The second kappa shape index (κ2) is 64.8. The summed E-state index contributed by atoms with van der Waals surface area (Å²) in [5.41, 5.74) is 0. The summed E-state index contributed by atoms with van der Waals surface area (Å²) in [4.78, 5) is 38.0.